The zero-order valence-corrected chi connectivity index (χ0v) is 15.0. The lowest BCUT2D eigenvalue weighted by atomic mass is 9.85. The van der Waals surface area contributed by atoms with E-state index in [1.165, 1.54) is 5.56 Å². The van der Waals surface area contributed by atoms with Crippen molar-refractivity contribution < 1.29 is 14.6 Å². The van der Waals surface area contributed by atoms with Crippen molar-refractivity contribution in [2.24, 2.45) is 0 Å². The first-order valence-electron chi connectivity index (χ1n) is 7.66. The van der Waals surface area contributed by atoms with Crippen molar-refractivity contribution >= 4 is 17.3 Å². The van der Waals surface area contributed by atoms with E-state index in [0.29, 0.717) is 10.7 Å². The maximum atomic E-state index is 11.0. The Hall–Kier alpha value is -1.88. The molecule has 0 spiro atoms. The van der Waals surface area contributed by atoms with Crippen LogP contribution in [0.2, 0.25) is 0 Å². The number of benzene rings is 1. The van der Waals surface area contributed by atoms with Gasteiger partial charge in [-0.2, -0.15) is 0 Å². The third-order valence-electron chi connectivity index (χ3n) is 3.64. The van der Waals surface area contributed by atoms with Crippen LogP contribution in [0.25, 0.3) is 0 Å². The van der Waals surface area contributed by atoms with Crippen molar-refractivity contribution in [3.63, 3.8) is 0 Å². The predicted octanol–water partition coefficient (Wildman–Crippen LogP) is 3.25. The highest BCUT2D eigenvalue weighted by molar-refractivity contribution is 7.13. The first kappa shape index (κ1) is 17.5. The molecule has 1 heterocycles. The molecular formula is C18H22NO3S-. The summed E-state index contributed by atoms with van der Waals surface area (Å²) >= 11 is 1.11. The van der Waals surface area contributed by atoms with Crippen LogP contribution in [0, 0.1) is 6.92 Å². The number of carboxylic acids is 1. The quantitative estimate of drug-likeness (QED) is 0.843. The molecule has 0 saturated heterocycles. The van der Waals surface area contributed by atoms with Gasteiger partial charge in [0.15, 0.2) is 0 Å². The van der Waals surface area contributed by atoms with Crippen molar-refractivity contribution in [2.75, 3.05) is 0 Å². The number of thiazole rings is 1. The van der Waals surface area contributed by atoms with E-state index in [1.807, 2.05) is 6.07 Å². The first-order valence-corrected chi connectivity index (χ1v) is 8.48. The van der Waals surface area contributed by atoms with E-state index in [1.54, 1.807) is 6.92 Å². The second-order valence-electron chi connectivity index (χ2n) is 6.53. The number of hydrogen-bond acceptors (Lipinski definition) is 5. The van der Waals surface area contributed by atoms with Gasteiger partial charge in [0.25, 0.3) is 0 Å². The minimum absolute atomic E-state index is 0.0323. The SMILES string of the molecule is CCc1ccc(OCc2nc(C)c(C(=O)[O-])s2)c(C(C)(C)C)c1. The second-order valence-corrected chi connectivity index (χ2v) is 7.62. The van der Waals surface area contributed by atoms with Gasteiger partial charge in [-0.1, -0.05) is 39.8 Å². The molecule has 0 amide bonds. The maximum absolute atomic E-state index is 11.0. The lowest BCUT2D eigenvalue weighted by Crippen LogP contribution is -2.21. The fourth-order valence-electron chi connectivity index (χ4n) is 2.35. The van der Waals surface area contributed by atoms with Crippen LogP contribution in [0.3, 0.4) is 0 Å². The van der Waals surface area contributed by atoms with Crippen LogP contribution in [-0.4, -0.2) is 11.0 Å². The number of carbonyl (C=O) groups is 1. The Labute approximate surface area is 141 Å². The summed E-state index contributed by atoms with van der Waals surface area (Å²) in [5.41, 5.74) is 2.86. The molecule has 0 aliphatic heterocycles. The first-order chi connectivity index (χ1) is 10.7. The van der Waals surface area contributed by atoms with Gasteiger partial charge >= 0.3 is 0 Å². The van der Waals surface area contributed by atoms with E-state index in [4.69, 9.17) is 4.74 Å². The van der Waals surface area contributed by atoms with Gasteiger partial charge in [-0.05, 0) is 36.0 Å². The van der Waals surface area contributed by atoms with Gasteiger partial charge in [-0.3, -0.25) is 0 Å². The summed E-state index contributed by atoms with van der Waals surface area (Å²) in [6.45, 7) is 10.5. The Morgan fingerprint density at radius 3 is 2.57 bits per heavy atom. The van der Waals surface area contributed by atoms with Gasteiger partial charge in [-0.15, -0.1) is 11.3 Å². The van der Waals surface area contributed by atoms with Gasteiger partial charge in [0.1, 0.15) is 17.4 Å². The molecule has 0 atom stereocenters. The van der Waals surface area contributed by atoms with E-state index in [9.17, 15) is 9.90 Å². The molecule has 1 aromatic carbocycles. The third-order valence-corrected chi connectivity index (χ3v) is 4.75. The monoisotopic (exact) mass is 332 g/mol. The number of aromatic nitrogens is 1. The second kappa shape index (κ2) is 6.71. The Morgan fingerprint density at radius 1 is 1.35 bits per heavy atom. The van der Waals surface area contributed by atoms with Crippen LogP contribution < -0.4 is 9.84 Å². The number of nitrogens with zero attached hydrogens (tertiary/aromatic N) is 1. The molecule has 0 fully saturated rings. The van der Waals surface area contributed by atoms with Gasteiger partial charge < -0.3 is 14.6 Å². The number of carbonyl (C=O) groups excluding carboxylic acids is 1. The molecule has 0 aliphatic rings. The average Bonchev–Trinajstić information content (AvgIpc) is 2.85. The van der Waals surface area contributed by atoms with Crippen molar-refractivity contribution in [2.45, 2.75) is 53.1 Å². The lowest BCUT2D eigenvalue weighted by Gasteiger charge is -2.23. The van der Waals surface area contributed by atoms with Crippen LogP contribution in [0.1, 0.15) is 59.2 Å². The molecule has 23 heavy (non-hydrogen) atoms. The number of aryl methyl sites for hydroxylation is 2. The molecule has 0 N–H and O–H groups in total. The number of carboxylic acid groups (broad SMARTS) is 1. The van der Waals surface area contributed by atoms with Crippen LogP contribution in [-0.2, 0) is 18.4 Å². The molecule has 5 heteroatoms. The zero-order chi connectivity index (χ0) is 17.2. The smallest absolute Gasteiger partial charge is 0.140 e. The Kier molecular flexibility index (Phi) is 5.09. The zero-order valence-electron chi connectivity index (χ0n) is 14.2. The molecule has 1 aromatic heterocycles. The molecule has 4 nitrogen and oxygen atoms in total. The molecule has 0 radical (unpaired) electrons. The summed E-state index contributed by atoms with van der Waals surface area (Å²) in [7, 11) is 0. The van der Waals surface area contributed by atoms with Crippen molar-refractivity contribution in [3.8, 4) is 5.75 Å². The van der Waals surface area contributed by atoms with Crippen molar-refractivity contribution in [1.82, 2.24) is 4.98 Å². The summed E-state index contributed by atoms with van der Waals surface area (Å²) in [5.74, 6) is -0.369. The molecule has 2 rings (SSSR count). The van der Waals surface area contributed by atoms with E-state index < -0.39 is 5.97 Å². The minimum Gasteiger partial charge on any atom is -0.544 e. The van der Waals surface area contributed by atoms with Crippen molar-refractivity contribution in [3.05, 3.63) is 44.9 Å². The van der Waals surface area contributed by atoms with Gasteiger partial charge in [0.05, 0.1) is 16.5 Å². The van der Waals surface area contributed by atoms with Gasteiger partial charge in [0, 0.05) is 0 Å². The van der Waals surface area contributed by atoms with Crippen LogP contribution in [0.4, 0.5) is 0 Å². The molecular weight excluding hydrogens is 310 g/mol. The van der Waals surface area contributed by atoms with E-state index >= 15 is 0 Å². The topological polar surface area (TPSA) is 62.2 Å². The largest absolute Gasteiger partial charge is 0.544 e. The molecule has 0 saturated carbocycles. The summed E-state index contributed by atoms with van der Waals surface area (Å²) in [5, 5.41) is 11.6. The number of aromatic carboxylic acids is 1. The van der Waals surface area contributed by atoms with Crippen LogP contribution in [0.15, 0.2) is 18.2 Å². The molecule has 0 aliphatic carbocycles. The molecule has 124 valence electrons. The maximum Gasteiger partial charge on any atom is 0.140 e. The summed E-state index contributed by atoms with van der Waals surface area (Å²) in [4.78, 5) is 15.4. The normalized spacial score (nSPS) is 11.5. The Bertz CT molecular complexity index is 714. The van der Waals surface area contributed by atoms with Gasteiger partial charge in [0.2, 0.25) is 0 Å². The fourth-order valence-corrected chi connectivity index (χ4v) is 3.16. The highest BCUT2D eigenvalue weighted by Gasteiger charge is 2.20. The fraction of sp³-hybridized carbons (Fsp3) is 0.444. The summed E-state index contributed by atoms with van der Waals surface area (Å²) < 4.78 is 5.93. The lowest BCUT2D eigenvalue weighted by molar-refractivity contribution is -0.254. The Balaban J connectivity index is 2.23. The summed E-state index contributed by atoms with van der Waals surface area (Å²) in [6.07, 6.45) is 0.976. The van der Waals surface area contributed by atoms with Gasteiger partial charge in [-0.25, -0.2) is 4.98 Å². The third kappa shape index (κ3) is 4.10. The average molecular weight is 332 g/mol. The number of hydrogen-bond donors (Lipinski definition) is 0. The highest BCUT2D eigenvalue weighted by Crippen LogP contribution is 2.33. The van der Waals surface area contributed by atoms with E-state index in [2.05, 4.69) is 44.8 Å². The standard InChI is InChI=1S/C18H23NO3S/c1-6-12-7-8-14(13(9-12)18(3,4)5)22-10-15-19-11(2)16(23-15)17(20)21/h7-9H,6,10H2,1-5H3,(H,20,21)/p-1. The summed E-state index contributed by atoms with van der Waals surface area (Å²) in [6, 6.07) is 6.22. The van der Waals surface area contributed by atoms with Crippen molar-refractivity contribution in [1.29, 1.82) is 0 Å². The van der Waals surface area contributed by atoms with E-state index in [0.717, 1.165) is 29.1 Å². The van der Waals surface area contributed by atoms with E-state index in [-0.39, 0.29) is 16.9 Å². The number of rotatable bonds is 5. The predicted molar refractivity (Wildman–Crippen MR) is 90.0 cm³/mol. The van der Waals surface area contributed by atoms with Crippen LogP contribution in [0.5, 0.6) is 5.75 Å². The Morgan fingerprint density at radius 2 is 2.04 bits per heavy atom. The minimum atomic E-state index is -1.19. The number of ether oxygens (including phenoxy) is 1. The molecule has 0 unspecified atom stereocenters. The highest BCUT2D eigenvalue weighted by atomic mass is 32.1. The molecule has 0 bridgehead atoms. The molecule has 2 aromatic rings. The van der Waals surface area contributed by atoms with Crippen LogP contribution >= 0.6 is 11.3 Å².